The van der Waals surface area contributed by atoms with E-state index in [1.54, 1.807) is 0 Å². The molecule has 0 aromatic heterocycles. The second-order valence-corrected chi connectivity index (χ2v) is 7.74. The lowest BCUT2D eigenvalue weighted by atomic mass is 10.0. The number of aliphatic hydroxyl groups excluding tert-OH is 3. The predicted octanol–water partition coefficient (Wildman–Crippen LogP) is 3.43. The Hall–Kier alpha value is -1.44. The Bertz CT molecular complexity index is 464. The van der Waals surface area contributed by atoms with Gasteiger partial charge in [0.25, 0.3) is 0 Å². The van der Waals surface area contributed by atoms with Crippen molar-refractivity contribution in [2.24, 2.45) is 0 Å². The van der Waals surface area contributed by atoms with Gasteiger partial charge in [-0.05, 0) is 32.1 Å². The molecular weight excluding hydrogens is 388 g/mol. The van der Waals surface area contributed by atoms with Crippen molar-refractivity contribution in [2.45, 2.75) is 109 Å². The quantitative estimate of drug-likeness (QED) is 0.163. The van der Waals surface area contributed by atoms with Crippen LogP contribution in [0.4, 0.5) is 0 Å². The first-order chi connectivity index (χ1) is 14.4. The summed E-state index contributed by atoms with van der Waals surface area (Å²) in [7, 11) is 0. The molecule has 0 fully saturated rings. The van der Waals surface area contributed by atoms with Gasteiger partial charge in [-0.15, -0.1) is 0 Å². The van der Waals surface area contributed by atoms with Crippen LogP contribution in [0.15, 0.2) is 12.2 Å². The summed E-state index contributed by atoms with van der Waals surface area (Å²) in [5, 5.41) is 29.0. The molecule has 7 heteroatoms. The Morgan fingerprint density at radius 1 is 0.933 bits per heavy atom. The maximum absolute atomic E-state index is 11.7. The van der Waals surface area contributed by atoms with Gasteiger partial charge >= 0.3 is 11.9 Å². The van der Waals surface area contributed by atoms with Gasteiger partial charge in [0.2, 0.25) is 0 Å². The van der Waals surface area contributed by atoms with Crippen molar-refractivity contribution in [1.29, 1.82) is 0 Å². The molecule has 0 saturated heterocycles. The van der Waals surface area contributed by atoms with Crippen LogP contribution >= 0.6 is 0 Å². The number of esters is 2. The highest BCUT2D eigenvalue weighted by molar-refractivity contribution is 5.69. The highest BCUT2D eigenvalue weighted by atomic mass is 16.6. The molecule has 0 rings (SSSR count). The predicted molar refractivity (Wildman–Crippen MR) is 116 cm³/mol. The molecule has 3 atom stereocenters. The fraction of sp³-hybridized carbons (Fsp3) is 0.826. The first-order valence-corrected chi connectivity index (χ1v) is 11.4. The van der Waals surface area contributed by atoms with Crippen molar-refractivity contribution >= 4 is 11.9 Å². The third kappa shape index (κ3) is 17.4. The molecule has 30 heavy (non-hydrogen) atoms. The van der Waals surface area contributed by atoms with E-state index in [4.69, 9.17) is 14.6 Å². The molecule has 0 amide bonds. The average molecular weight is 431 g/mol. The molecule has 0 spiro atoms. The summed E-state index contributed by atoms with van der Waals surface area (Å²) in [6.07, 6.45) is 12.1. The lowest BCUT2D eigenvalue weighted by Gasteiger charge is -2.16. The fourth-order valence-corrected chi connectivity index (χ4v) is 2.99. The van der Waals surface area contributed by atoms with Gasteiger partial charge in [0, 0.05) is 13.3 Å². The summed E-state index contributed by atoms with van der Waals surface area (Å²) in [5.74, 6) is -0.900. The van der Waals surface area contributed by atoms with Gasteiger partial charge in [0.05, 0.1) is 18.8 Å². The highest BCUT2D eigenvalue weighted by Crippen LogP contribution is 2.13. The Kier molecular flexibility index (Phi) is 18.6. The number of hydrogen-bond acceptors (Lipinski definition) is 7. The van der Waals surface area contributed by atoms with Crippen LogP contribution in [0.1, 0.15) is 90.9 Å². The summed E-state index contributed by atoms with van der Waals surface area (Å²) >= 11 is 0. The number of hydrogen-bond donors (Lipinski definition) is 3. The van der Waals surface area contributed by atoms with Crippen LogP contribution in [0.25, 0.3) is 0 Å². The zero-order valence-corrected chi connectivity index (χ0v) is 18.8. The van der Waals surface area contributed by atoms with Crippen LogP contribution in [-0.4, -0.2) is 58.8 Å². The smallest absolute Gasteiger partial charge is 0.305 e. The van der Waals surface area contributed by atoms with Gasteiger partial charge in [-0.25, -0.2) is 0 Å². The zero-order chi connectivity index (χ0) is 22.6. The Balaban J connectivity index is 3.65. The number of ether oxygens (including phenoxy) is 2. The molecule has 0 heterocycles. The molecule has 0 aliphatic carbocycles. The molecule has 176 valence electrons. The average Bonchev–Trinajstić information content (AvgIpc) is 2.72. The van der Waals surface area contributed by atoms with Gasteiger partial charge in [-0.3, -0.25) is 9.59 Å². The van der Waals surface area contributed by atoms with E-state index in [-0.39, 0.29) is 25.6 Å². The van der Waals surface area contributed by atoms with E-state index >= 15 is 0 Å². The van der Waals surface area contributed by atoms with Crippen molar-refractivity contribution in [3.05, 3.63) is 12.2 Å². The largest absolute Gasteiger partial charge is 0.462 e. The molecule has 0 unspecified atom stereocenters. The second-order valence-electron chi connectivity index (χ2n) is 7.74. The van der Waals surface area contributed by atoms with E-state index in [1.165, 1.54) is 26.2 Å². The van der Waals surface area contributed by atoms with Gasteiger partial charge in [-0.1, -0.05) is 57.6 Å². The summed E-state index contributed by atoms with van der Waals surface area (Å²) in [5.41, 5.74) is 0. The number of carbonyl (C=O) groups is 2. The van der Waals surface area contributed by atoms with Gasteiger partial charge in [-0.2, -0.15) is 0 Å². The SMILES string of the molecule is CCCCC/C=C\C[C@@H](O)[C@H](O)CCCCCCCC(=O)OC[C@H](CO)OC(C)=O. The first-order valence-electron chi connectivity index (χ1n) is 11.4. The third-order valence-corrected chi connectivity index (χ3v) is 4.81. The topological polar surface area (TPSA) is 113 Å². The van der Waals surface area contributed by atoms with Crippen LogP contribution in [0, 0.1) is 0 Å². The van der Waals surface area contributed by atoms with Crippen LogP contribution in [0.5, 0.6) is 0 Å². The van der Waals surface area contributed by atoms with Gasteiger partial charge in [0.15, 0.2) is 6.10 Å². The monoisotopic (exact) mass is 430 g/mol. The van der Waals surface area contributed by atoms with E-state index in [1.807, 2.05) is 6.08 Å². The molecule has 0 saturated carbocycles. The second kappa shape index (κ2) is 19.5. The molecular formula is C23H42O7. The van der Waals surface area contributed by atoms with E-state index < -0.39 is 24.3 Å². The van der Waals surface area contributed by atoms with E-state index in [0.29, 0.717) is 19.3 Å². The number of carbonyl (C=O) groups excluding carboxylic acids is 2. The summed E-state index contributed by atoms with van der Waals surface area (Å²) in [6, 6.07) is 0. The van der Waals surface area contributed by atoms with Crippen molar-refractivity contribution in [2.75, 3.05) is 13.2 Å². The molecule has 3 N–H and O–H groups in total. The van der Waals surface area contributed by atoms with E-state index in [9.17, 15) is 19.8 Å². The van der Waals surface area contributed by atoms with Gasteiger partial charge in [0.1, 0.15) is 6.61 Å². The molecule has 0 aromatic carbocycles. The Morgan fingerprint density at radius 2 is 1.63 bits per heavy atom. The van der Waals surface area contributed by atoms with Gasteiger partial charge < -0.3 is 24.8 Å². The van der Waals surface area contributed by atoms with Crippen molar-refractivity contribution in [1.82, 2.24) is 0 Å². The minimum atomic E-state index is -0.815. The number of aliphatic hydroxyl groups is 3. The molecule has 0 aliphatic rings. The van der Waals surface area contributed by atoms with Crippen LogP contribution < -0.4 is 0 Å². The molecule has 7 nitrogen and oxygen atoms in total. The zero-order valence-electron chi connectivity index (χ0n) is 18.8. The first kappa shape index (κ1) is 28.6. The minimum absolute atomic E-state index is 0.136. The van der Waals surface area contributed by atoms with Crippen LogP contribution in [0.2, 0.25) is 0 Å². The molecule has 0 aliphatic heterocycles. The maximum atomic E-state index is 11.7. The number of allylic oxidation sites excluding steroid dienone is 1. The minimum Gasteiger partial charge on any atom is -0.462 e. The molecule has 0 aromatic rings. The van der Waals surface area contributed by atoms with Crippen LogP contribution in [-0.2, 0) is 19.1 Å². The normalized spacial score (nSPS) is 14.4. The van der Waals surface area contributed by atoms with Crippen molar-refractivity contribution in [3.8, 4) is 0 Å². The van der Waals surface area contributed by atoms with E-state index in [2.05, 4.69) is 13.0 Å². The summed E-state index contributed by atoms with van der Waals surface area (Å²) < 4.78 is 9.79. The Labute approximate surface area is 181 Å². The van der Waals surface area contributed by atoms with Crippen molar-refractivity contribution in [3.63, 3.8) is 0 Å². The number of rotatable bonds is 19. The summed E-state index contributed by atoms with van der Waals surface area (Å²) in [6.45, 7) is 2.88. The number of unbranched alkanes of at least 4 members (excludes halogenated alkanes) is 7. The lowest BCUT2D eigenvalue weighted by molar-refractivity contribution is -0.159. The Morgan fingerprint density at radius 3 is 2.30 bits per heavy atom. The molecule has 0 bridgehead atoms. The maximum Gasteiger partial charge on any atom is 0.305 e. The standard InChI is InChI=1S/C23H42O7/c1-3-4-5-6-8-11-14-21(26)22(27)15-12-9-7-10-13-16-23(28)29-18-20(17-24)30-19(2)25/h8,11,20-22,24,26-27H,3-7,9-10,12-18H2,1-2H3/b11-8-/t20-,21+,22+/m0/s1. The lowest BCUT2D eigenvalue weighted by Crippen LogP contribution is -2.27. The van der Waals surface area contributed by atoms with Crippen LogP contribution in [0.3, 0.4) is 0 Å². The van der Waals surface area contributed by atoms with Crippen molar-refractivity contribution < 1.29 is 34.4 Å². The molecule has 0 radical (unpaired) electrons. The third-order valence-electron chi connectivity index (χ3n) is 4.81. The highest BCUT2D eigenvalue weighted by Gasteiger charge is 2.15. The fourth-order valence-electron chi connectivity index (χ4n) is 2.99. The van der Waals surface area contributed by atoms with E-state index in [0.717, 1.165) is 32.1 Å². The summed E-state index contributed by atoms with van der Waals surface area (Å²) in [4.78, 5) is 22.5.